The van der Waals surface area contributed by atoms with Gasteiger partial charge in [0, 0.05) is 24.4 Å². The lowest BCUT2D eigenvalue weighted by molar-refractivity contribution is -0.385. The Hall–Kier alpha value is -3.13. The van der Waals surface area contributed by atoms with Crippen LogP contribution in [0.2, 0.25) is 0 Å². The number of hydrogen-bond acceptors (Lipinski definition) is 6. The van der Waals surface area contributed by atoms with Gasteiger partial charge in [0.25, 0.3) is 5.91 Å². The third kappa shape index (κ3) is 6.06. The molecule has 0 saturated carbocycles. The van der Waals surface area contributed by atoms with E-state index in [1.54, 1.807) is 30.3 Å². The van der Waals surface area contributed by atoms with Crippen molar-refractivity contribution < 1.29 is 23.9 Å². The highest BCUT2D eigenvalue weighted by atomic mass is 16.6. The molecule has 138 valence electrons. The first-order valence-corrected chi connectivity index (χ1v) is 8.07. The van der Waals surface area contributed by atoms with Crippen molar-refractivity contribution >= 4 is 17.3 Å². The van der Waals surface area contributed by atoms with E-state index in [9.17, 15) is 14.9 Å². The maximum absolute atomic E-state index is 12.0. The van der Waals surface area contributed by atoms with Gasteiger partial charge >= 0.3 is 5.69 Å². The molecule has 0 aliphatic rings. The number of nitrogens with zero attached hydrogens (tertiary/aromatic N) is 1. The monoisotopic (exact) mass is 360 g/mol. The van der Waals surface area contributed by atoms with Gasteiger partial charge in [0.1, 0.15) is 12.4 Å². The largest absolute Gasteiger partial charge is 0.491 e. The maximum atomic E-state index is 12.0. The fourth-order valence-electron chi connectivity index (χ4n) is 2.10. The van der Waals surface area contributed by atoms with Gasteiger partial charge in [0.2, 0.25) is 0 Å². The average molecular weight is 360 g/mol. The fraction of sp³-hybridized carbons (Fsp3) is 0.278. The number of hydrogen-bond donors (Lipinski definition) is 1. The number of para-hydroxylation sites is 2. The van der Waals surface area contributed by atoms with Crippen LogP contribution in [0.5, 0.6) is 11.5 Å². The van der Waals surface area contributed by atoms with Gasteiger partial charge in [-0.25, -0.2) is 0 Å². The zero-order valence-corrected chi connectivity index (χ0v) is 14.3. The number of benzene rings is 2. The van der Waals surface area contributed by atoms with Crippen LogP contribution >= 0.6 is 0 Å². The molecule has 0 atom stereocenters. The smallest absolute Gasteiger partial charge is 0.310 e. The molecule has 2 aromatic rings. The molecule has 2 aromatic carbocycles. The summed E-state index contributed by atoms with van der Waals surface area (Å²) >= 11 is 0. The van der Waals surface area contributed by atoms with Gasteiger partial charge in [-0.3, -0.25) is 14.9 Å². The quantitative estimate of drug-likeness (QED) is 0.397. The molecular formula is C18H20N2O6. The van der Waals surface area contributed by atoms with Crippen molar-refractivity contribution in [3.05, 3.63) is 58.6 Å². The minimum atomic E-state index is -0.559. The van der Waals surface area contributed by atoms with E-state index in [1.807, 2.05) is 6.92 Å². The average Bonchev–Trinajstić information content (AvgIpc) is 2.64. The number of carbonyl (C=O) groups is 1. The number of carbonyl (C=O) groups excluding carboxylic acids is 1. The van der Waals surface area contributed by atoms with Crippen molar-refractivity contribution in [1.29, 1.82) is 0 Å². The molecule has 0 aromatic heterocycles. The summed E-state index contributed by atoms with van der Waals surface area (Å²) in [5.41, 5.74) is 0.347. The highest BCUT2D eigenvalue weighted by molar-refractivity contribution is 5.92. The van der Waals surface area contributed by atoms with Gasteiger partial charge in [-0.05, 0) is 25.1 Å². The Bertz CT molecular complexity index is 750. The van der Waals surface area contributed by atoms with Gasteiger partial charge in [-0.2, -0.15) is 0 Å². The summed E-state index contributed by atoms with van der Waals surface area (Å²) in [7, 11) is 0. The normalized spacial score (nSPS) is 10.2. The van der Waals surface area contributed by atoms with Crippen molar-refractivity contribution in [2.24, 2.45) is 0 Å². The molecule has 0 fully saturated rings. The van der Waals surface area contributed by atoms with Crippen LogP contribution in [0.1, 0.15) is 6.92 Å². The van der Waals surface area contributed by atoms with Gasteiger partial charge in [-0.15, -0.1) is 0 Å². The highest BCUT2D eigenvalue weighted by Crippen LogP contribution is 2.25. The van der Waals surface area contributed by atoms with Crippen molar-refractivity contribution in [1.82, 2.24) is 0 Å². The molecule has 8 nitrogen and oxygen atoms in total. The lowest BCUT2D eigenvalue weighted by Gasteiger charge is -2.10. The molecule has 26 heavy (non-hydrogen) atoms. The third-order valence-electron chi connectivity index (χ3n) is 3.24. The summed E-state index contributed by atoms with van der Waals surface area (Å²) in [6.45, 7) is 3.07. The molecule has 0 heterocycles. The van der Waals surface area contributed by atoms with E-state index in [-0.39, 0.29) is 18.0 Å². The number of amides is 1. The van der Waals surface area contributed by atoms with Crippen LogP contribution in [-0.2, 0) is 9.53 Å². The zero-order chi connectivity index (χ0) is 18.8. The second-order valence-electron chi connectivity index (χ2n) is 5.13. The first kappa shape index (κ1) is 19.2. The number of nitro benzene ring substituents is 1. The zero-order valence-electron chi connectivity index (χ0n) is 14.3. The molecule has 0 spiro atoms. The van der Waals surface area contributed by atoms with Crippen molar-refractivity contribution in [2.45, 2.75) is 6.92 Å². The summed E-state index contributed by atoms with van der Waals surface area (Å²) in [6, 6.07) is 12.8. The maximum Gasteiger partial charge on any atom is 0.310 e. The Morgan fingerprint density at radius 2 is 1.92 bits per heavy atom. The van der Waals surface area contributed by atoms with E-state index < -0.39 is 10.8 Å². The topological polar surface area (TPSA) is 99.9 Å². The molecule has 0 unspecified atom stereocenters. The molecule has 0 radical (unpaired) electrons. The molecule has 2 rings (SSSR count). The van der Waals surface area contributed by atoms with Gasteiger partial charge in [0.15, 0.2) is 12.4 Å². The Morgan fingerprint density at radius 1 is 1.12 bits per heavy atom. The molecule has 0 bridgehead atoms. The van der Waals surface area contributed by atoms with E-state index in [2.05, 4.69) is 5.32 Å². The fourth-order valence-corrected chi connectivity index (χ4v) is 2.10. The first-order chi connectivity index (χ1) is 12.6. The SMILES string of the molecule is CCOCCOc1cccc(NC(=O)COc2ccccc2[N+](=O)[O-])c1. The van der Waals surface area contributed by atoms with E-state index in [4.69, 9.17) is 14.2 Å². The van der Waals surface area contributed by atoms with E-state index in [0.29, 0.717) is 31.3 Å². The van der Waals surface area contributed by atoms with Crippen LogP contribution in [-0.4, -0.2) is 37.3 Å². The molecular weight excluding hydrogens is 340 g/mol. The number of anilines is 1. The number of nitrogens with one attached hydrogen (secondary N) is 1. The van der Waals surface area contributed by atoms with Crippen LogP contribution in [0.3, 0.4) is 0 Å². The minimum absolute atomic E-state index is 0.0423. The lowest BCUT2D eigenvalue weighted by Crippen LogP contribution is -2.20. The van der Waals surface area contributed by atoms with Crippen LogP contribution in [0, 0.1) is 10.1 Å². The van der Waals surface area contributed by atoms with Crippen molar-refractivity contribution in [3.63, 3.8) is 0 Å². The highest BCUT2D eigenvalue weighted by Gasteiger charge is 2.15. The molecule has 1 amide bonds. The number of ether oxygens (including phenoxy) is 3. The van der Waals surface area contributed by atoms with Crippen molar-refractivity contribution in [2.75, 3.05) is 31.7 Å². The lowest BCUT2D eigenvalue weighted by atomic mass is 10.3. The summed E-state index contributed by atoms with van der Waals surface area (Å²) in [6.07, 6.45) is 0. The summed E-state index contributed by atoms with van der Waals surface area (Å²) in [5.74, 6) is 0.206. The Kier molecular flexibility index (Phi) is 7.38. The summed E-state index contributed by atoms with van der Waals surface area (Å²) < 4.78 is 16.0. The van der Waals surface area contributed by atoms with Crippen molar-refractivity contribution in [3.8, 4) is 11.5 Å². The molecule has 1 N–H and O–H groups in total. The predicted molar refractivity (Wildman–Crippen MR) is 95.7 cm³/mol. The van der Waals surface area contributed by atoms with Gasteiger partial charge in [-0.1, -0.05) is 18.2 Å². The second kappa shape index (κ2) is 10.00. The van der Waals surface area contributed by atoms with Crippen LogP contribution < -0.4 is 14.8 Å². The Balaban J connectivity index is 1.87. The summed E-state index contributed by atoms with van der Waals surface area (Å²) in [5, 5.41) is 13.6. The van der Waals surface area contributed by atoms with Gasteiger partial charge in [0.05, 0.1) is 11.5 Å². The third-order valence-corrected chi connectivity index (χ3v) is 3.24. The second-order valence-corrected chi connectivity index (χ2v) is 5.13. The Labute approximate surface area is 150 Å². The van der Waals surface area contributed by atoms with Crippen LogP contribution in [0.25, 0.3) is 0 Å². The number of rotatable bonds is 10. The first-order valence-electron chi connectivity index (χ1n) is 8.07. The van der Waals surface area contributed by atoms with E-state index >= 15 is 0 Å². The van der Waals surface area contributed by atoms with Crippen LogP contribution in [0.15, 0.2) is 48.5 Å². The Morgan fingerprint density at radius 3 is 2.69 bits per heavy atom. The van der Waals surface area contributed by atoms with Gasteiger partial charge < -0.3 is 19.5 Å². The summed E-state index contributed by atoms with van der Waals surface area (Å²) in [4.78, 5) is 22.4. The molecule has 0 aliphatic heterocycles. The molecule has 8 heteroatoms. The standard InChI is InChI=1S/C18H20N2O6/c1-2-24-10-11-25-15-7-5-6-14(12-15)19-18(21)13-26-17-9-4-3-8-16(17)20(22)23/h3-9,12H,2,10-11,13H2,1H3,(H,19,21). The van der Waals surface area contributed by atoms with E-state index in [1.165, 1.54) is 18.2 Å². The predicted octanol–water partition coefficient (Wildman–Crippen LogP) is 3.03. The molecule has 0 saturated heterocycles. The number of nitro groups is 1. The van der Waals surface area contributed by atoms with Crippen LogP contribution in [0.4, 0.5) is 11.4 Å². The van der Waals surface area contributed by atoms with E-state index in [0.717, 1.165) is 0 Å². The molecule has 0 aliphatic carbocycles. The minimum Gasteiger partial charge on any atom is -0.491 e.